The van der Waals surface area contributed by atoms with E-state index >= 15 is 0 Å². The van der Waals surface area contributed by atoms with Crippen LogP contribution in [0.2, 0.25) is 0 Å². The van der Waals surface area contributed by atoms with Crippen molar-refractivity contribution in [3.8, 4) is 0 Å². The molecule has 0 amide bonds. The van der Waals surface area contributed by atoms with Gasteiger partial charge in [-0.2, -0.15) is 13.2 Å². The molecule has 2 N–H and O–H groups in total. The minimum atomic E-state index is -4.37. The largest absolute Gasteiger partial charge is 0.434 e. The predicted molar refractivity (Wildman–Crippen MR) is 38.7 cm³/mol. The standard InChI is InChI=1S/C5H6F3N3.ClH/c6-5(7,8)4-1-11(2-9)3-10-4;/h1,3H,2,9H2;1H. The van der Waals surface area contributed by atoms with Gasteiger partial charge in [0.25, 0.3) is 0 Å². The molecule has 1 heterocycles. The zero-order valence-corrected chi connectivity index (χ0v) is 6.69. The van der Waals surface area contributed by atoms with Crippen LogP contribution in [0.25, 0.3) is 0 Å². The van der Waals surface area contributed by atoms with Gasteiger partial charge in [0.15, 0.2) is 5.69 Å². The maximum Gasteiger partial charge on any atom is 0.434 e. The Morgan fingerprint density at radius 2 is 2.08 bits per heavy atom. The molecule has 0 atom stereocenters. The molecule has 0 aliphatic rings. The number of hydrogen-bond donors (Lipinski definition) is 1. The first kappa shape index (κ1) is 11.2. The van der Waals surface area contributed by atoms with Gasteiger partial charge in [-0.05, 0) is 0 Å². The SMILES string of the molecule is Cl.NCn1cnc(C(F)(F)F)c1. The summed E-state index contributed by atoms with van der Waals surface area (Å²) in [6, 6.07) is 0. The lowest BCUT2D eigenvalue weighted by Crippen LogP contribution is -2.06. The van der Waals surface area contributed by atoms with E-state index in [0.717, 1.165) is 17.1 Å². The Bertz CT molecular complexity index is 244. The fourth-order valence-corrected chi connectivity index (χ4v) is 0.606. The Kier molecular flexibility index (Phi) is 3.54. The highest BCUT2D eigenvalue weighted by Crippen LogP contribution is 2.26. The third-order valence-electron chi connectivity index (χ3n) is 1.13. The highest BCUT2D eigenvalue weighted by atomic mass is 35.5. The summed E-state index contributed by atoms with van der Waals surface area (Å²) in [7, 11) is 0. The van der Waals surface area contributed by atoms with E-state index in [4.69, 9.17) is 5.73 Å². The van der Waals surface area contributed by atoms with Gasteiger partial charge in [0.05, 0.1) is 13.0 Å². The summed E-state index contributed by atoms with van der Waals surface area (Å²) in [6.45, 7) is 0.00306. The molecular formula is C5H7ClF3N3. The normalized spacial score (nSPS) is 11.0. The molecule has 1 rings (SSSR count). The number of nitrogens with zero attached hydrogens (tertiary/aromatic N) is 2. The molecule has 0 aliphatic carbocycles. The average molecular weight is 202 g/mol. The number of aromatic nitrogens is 2. The van der Waals surface area contributed by atoms with Crippen LogP contribution in [-0.2, 0) is 12.8 Å². The minimum Gasteiger partial charge on any atom is -0.324 e. The number of imidazole rings is 1. The van der Waals surface area contributed by atoms with Gasteiger partial charge >= 0.3 is 6.18 Å². The van der Waals surface area contributed by atoms with Crippen molar-refractivity contribution in [3.05, 3.63) is 18.2 Å². The van der Waals surface area contributed by atoms with Crippen molar-refractivity contribution in [1.82, 2.24) is 9.55 Å². The van der Waals surface area contributed by atoms with Crippen LogP contribution in [0.5, 0.6) is 0 Å². The minimum absolute atomic E-state index is 0. The van der Waals surface area contributed by atoms with E-state index in [1.165, 1.54) is 0 Å². The molecule has 12 heavy (non-hydrogen) atoms. The molecule has 0 saturated heterocycles. The molecule has 0 bridgehead atoms. The second-order valence-electron chi connectivity index (χ2n) is 1.95. The molecule has 3 nitrogen and oxygen atoms in total. The van der Waals surface area contributed by atoms with Gasteiger partial charge in [0, 0.05) is 6.20 Å². The van der Waals surface area contributed by atoms with E-state index in [-0.39, 0.29) is 19.1 Å². The van der Waals surface area contributed by atoms with Crippen LogP contribution in [0.3, 0.4) is 0 Å². The number of alkyl halides is 3. The monoisotopic (exact) mass is 201 g/mol. The highest BCUT2D eigenvalue weighted by molar-refractivity contribution is 5.85. The van der Waals surface area contributed by atoms with Gasteiger partial charge in [0.2, 0.25) is 0 Å². The van der Waals surface area contributed by atoms with Gasteiger partial charge in [-0.3, -0.25) is 0 Å². The van der Waals surface area contributed by atoms with Crippen molar-refractivity contribution in [2.24, 2.45) is 5.73 Å². The smallest absolute Gasteiger partial charge is 0.324 e. The molecule has 0 fully saturated rings. The zero-order valence-electron chi connectivity index (χ0n) is 5.88. The maximum absolute atomic E-state index is 11.8. The summed E-state index contributed by atoms with van der Waals surface area (Å²) in [5.41, 5.74) is 4.15. The summed E-state index contributed by atoms with van der Waals surface area (Å²) in [5, 5.41) is 0. The Labute approximate surface area is 72.8 Å². The van der Waals surface area contributed by atoms with Crippen molar-refractivity contribution in [2.75, 3.05) is 0 Å². The Balaban J connectivity index is 0.00000121. The maximum atomic E-state index is 11.8. The van der Waals surface area contributed by atoms with Crippen molar-refractivity contribution in [1.29, 1.82) is 0 Å². The molecular weight excluding hydrogens is 195 g/mol. The van der Waals surface area contributed by atoms with E-state index in [0.29, 0.717) is 0 Å². The first-order valence-electron chi connectivity index (χ1n) is 2.83. The summed E-state index contributed by atoms with van der Waals surface area (Å²) in [6.07, 6.45) is -2.47. The Hall–Kier alpha value is -0.750. The number of halogens is 4. The first-order valence-corrected chi connectivity index (χ1v) is 2.83. The van der Waals surface area contributed by atoms with Crippen molar-refractivity contribution in [3.63, 3.8) is 0 Å². The van der Waals surface area contributed by atoms with E-state index in [1.54, 1.807) is 0 Å². The van der Waals surface area contributed by atoms with Crippen molar-refractivity contribution < 1.29 is 13.2 Å². The van der Waals surface area contributed by atoms with E-state index < -0.39 is 11.9 Å². The summed E-state index contributed by atoms with van der Waals surface area (Å²) in [5.74, 6) is 0. The molecule has 0 spiro atoms. The Morgan fingerprint density at radius 1 is 1.50 bits per heavy atom. The van der Waals surface area contributed by atoms with E-state index in [1.807, 2.05) is 0 Å². The number of hydrogen-bond acceptors (Lipinski definition) is 2. The summed E-state index contributed by atoms with van der Waals surface area (Å²) < 4.78 is 36.6. The lowest BCUT2D eigenvalue weighted by molar-refractivity contribution is -0.140. The third kappa shape index (κ3) is 2.38. The fourth-order valence-electron chi connectivity index (χ4n) is 0.606. The molecule has 0 aromatic carbocycles. The molecule has 0 radical (unpaired) electrons. The van der Waals surface area contributed by atoms with Crippen LogP contribution in [0, 0.1) is 0 Å². The van der Waals surface area contributed by atoms with E-state index in [9.17, 15) is 13.2 Å². The van der Waals surface area contributed by atoms with Gasteiger partial charge in [0.1, 0.15) is 0 Å². The second-order valence-corrected chi connectivity index (χ2v) is 1.95. The van der Waals surface area contributed by atoms with Crippen molar-refractivity contribution in [2.45, 2.75) is 12.8 Å². The topological polar surface area (TPSA) is 43.8 Å². The third-order valence-corrected chi connectivity index (χ3v) is 1.13. The number of rotatable bonds is 1. The second kappa shape index (κ2) is 3.77. The van der Waals surface area contributed by atoms with Crippen LogP contribution in [0.1, 0.15) is 5.69 Å². The zero-order chi connectivity index (χ0) is 8.48. The molecule has 7 heteroatoms. The molecule has 1 aromatic heterocycles. The van der Waals surface area contributed by atoms with Gasteiger partial charge in [-0.15, -0.1) is 12.4 Å². The Morgan fingerprint density at radius 3 is 2.33 bits per heavy atom. The van der Waals surface area contributed by atoms with Crippen LogP contribution < -0.4 is 5.73 Å². The summed E-state index contributed by atoms with van der Waals surface area (Å²) in [4.78, 5) is 3.12. The van der Waals surface area contributed by atoms with Gasteiger partial charge in [-0.1, -0.05) is 0 Å². The lowest BCUT2D eigenvalue weighted by Gasteiger charge is -1.99. The van der Waals surface area contributed by atoms with E-state index in [2.05, 4.69) is 4.98 Å². The lowest BCUT2D eigenvalue weighted by atomic mass is 10.5. The predicted octanol–water partition coefficient (Wildman–Crippen LogP) is 1.24. The molecule has 70 valence electrons. The highest BCUT2D eigenvalue weighted by Gasteiger charge is 2.33. The molecule has 1 aromatic rings. The molecule has 0 aliphatic heterocycles. The van der Waals surface area contributed by atoms with Gasteiger partial charge in [-0.25, -0.2) is 4.98 Å². The molecule has 0 unspecified atom stereocenters. The van der Waals surface area contributed by atoms with Crippen molar-refractivity contribution >= 4 is 12.4 Å². The molecule has 0 saturated carbocycles. The van der Waals surface area contributed by atoms with Crippen LogP contribution >= 0.6 is 12.4 Å². The van der Waals surface area contributed by atoms with Crippen LogP contribution in [-0.4, -0.2) is 9.55 Å². The van der Waals surface area contributed by atoms with Crippen LogP contribution in [0.15, 0.2) is 12.5 Å². The van der Waals surface area contributed by atoms with Gasteiger partial charge < -0.3 is 10.3 Å². The first-order chi connectivity index (χ1) is 5.04. The average Bonchev–Trinajstić information content (AvgIpc) is 2.32. The summed E-state index contributed by atoms with van der Waals surface area (Å²) >= 11 is 0. The van der Waals surface area contributed by atoms with Crippen LogP contribution in [0.4, 0.5) is 13.2 Å². The quantitative estimate of drug-likeness (QED) is 0.743. The number of nitrogens with two attached hydrogens (primary N) is 1. The fraction of sp³-hybridized carbons (Fsp3) is 0.400.